The lowest BCUT2D eigenvalue weighted by Crippen LogP contribution is -2.01. The third-order valence-corrected chi connectivity index (χ3v) is 2.26. The largest absolute Gasteiger partial charge is 0.361 e. The molecule has 1 aromatic heterocycles. The molecule has 3 heteroatoms. The van der Waals surface area contributed by atoms with Crippen LogP contribution < -0.4 is 5.73 Å². The number of hydrogen-bond donors (Lipinski definition) is 1. The second-order valence-electron chi connectivity index (χ2n) is 3.59. The van der Waals surface area contributed by atoms with Gasteiger partial charge in [0.1, 0.15) is 11.5 Å². The predicted octanol–water partition coefficient (Wildman–Crippen LogP) is 2.15. The van der Waals surface area contributed by atoms with Crippen LogP contribution in [0.15, 0.2) is 34.9 Å². The Labute approximate surface area is 88.9 Å². The Morgan fingerprint density at radius 1 is 1.33 bits per heavy atom. The molecular formula is C12H14N2O. The zero-order chi connectivity index (χ0) is 10.7. The second-order valence-corrected chi connectivity index (χ2v) is 3.59. The first-order valence-electron chi connectivity index (χ1n) is 5.02. The van der Waals surface area contributed by atoms with E-state index in [1.165, 1.54) is 5.56 Å². The maximum absolute atomic E-state index is 5.44. The maximum Gasteiger partial charge on any atom is 0.138 e. The van der Waals surface area contributed by atoms with E-state index in [1.54, 1.807) is 0 Å². The Kier molecular flexibility index (Phi) is 2.83. The van der Waals surface area contributed by atoms with Crippen molar-refractivity contribution < 1.29 is 4.52 Å². The van der Waals surface area contributed by atoms with Gasteiger partial charge in [-0.1, -0.05) is 28.9 Å². The van der Waals surface area contributed by atoms with Gasteiger partial charge in [0.05, 0.1) is 0 Å². The topological polar surface area (TPSA) is 52.0 Å². The third-order valence-electron chi connectivity index (χ3n) is 2.26. The number of hydrogen-bond acceptors (Lipinski definition) is 3. The molecule has 0 aliphatic heterocycles. The summed E-state index contributed by atoms with van der Waals surface area (Å²) in [5.41, 5.74) is 8.63. The van der Waals surface area contributed by atoms with Crippen LogP contribution in [0.1, 0.15) is 11.3 Å². The average molecular weight is 202 g/mol. The van der Waals surface area contributed by atoms with Gasteiger partial charge < -0.3 is 10.3 Å². The van der Waals surface area contributed by atoms with Crippen molar-refractivity contribution in [3.8, 4) is 11.3 Å². The Morgan fingerprint density at radius 2 is 2.20 bits per heavy atom. The van der Waals surface area contributed by atoms with E-state index in [0.717, 1.165) is 23.4 Å². The number of aromatic nitrogens is 1. The smallest absolute Gasteiger partial charge is 0.138 e. The summed E-state index contributed by atoms with van der Waals surface area (Å²) in [6.45, 7) is 2.65. The van der Waals surface area contributed by atoms with Gasteiger partial charge in [0.2, 0.25) is 0 Å². The van der Waals surface area contributed by atoms with Gasteiger partial charge in [-0.2, -0.15) is 0 Å². The molecule has 0 spiro atoms. The van der Waals surface area contributed by atoms with Crippen LogP contribution in [0.25, 0.3) is 11.3 Å². The van der Waals surface area contributed by atoms with Gasteiger partial charge in [-0.05, 0) is 19.5 Å². The Bertz CT molecular complexity index is 448. The van der Waals surface area contributed by atoms with Gasteiger partial charge in [0, 0.05) is 18.1 Å². The molecule has 0 amide bonds. The molecule has 1 aromatic carbocycles. The molecule has 2 N–H and O–H groups in total. The maximum atomic E-state index is 5.44. The summed E-state index contributed by atoms with van der Waals surface area (Å²) < 4.78 is 5.17. The summed E-state index contributed by atoms with van der Waals surface area (Å²) in [5, 5.41) is 4.02. The molecule has 15 heavy (non-hydrogen) atoms. The molecule has 0 unspecified atom stereocenters. The molecule has 0 atom stereocenters. The minimum Gasteiger partial charge on any atom is -0.361 e. The zero-order valence-electron chi connectivity index (χ0n) is 8.73. The van der Waals surface area contributed by atoms with Crippen LogP contribution in [0.5, 0.6) is 0 Å². The molecule has 0 aliphatic rings. The lowest BCUT2D eigenvalue weighted by molar-refractivity contribution is 0.386. The van der Waals surface area contributed by atoms with Gasteiger partial charge >= 0.3 is 0 Å². The molecule has 2 rings (SSSR count). The molecule has 78 valence electrons. The highest BCUT2D eigenvalue weighted by atomic mass is 16.5. The van der Waals surface area contributed by atoms with Crippen molar-refractivity contribution in [1.82, 2.24) is 5.16 Å². The number of aryl methyl sites for hydroxylation is 1. The van der Waals surface area contributed by atoms with Crippen molar-refractivity contribution in [2.75, 3.05) is 6.54 Å². The van der Waals surface area contributed by atoms with E-state index >= 15 is 0 Å². The highest BCUT2D eigenvalue weighted by molar-refractivity contribution is 5.59. The molecule has 2 aromatic rings. The van der Waals surface area contributed by atoms with E-state index in [1.807, 2.05) is 18.2 Å². The predicted molar refractivity (Wildman–Crippen MR) is 59.4 cm³/mol. The fraction of sp³-hybridized carbons (Fsp3) is 0.250. The van der Waals surface area contributed by atoms with Gasteiger partial charge in [-0.25, -0.2) is 0 Å². The lowest BCUT2D eigenvalue weighted by atomic mass is 10.1. The van der Waals surface area contributed by atoms with E-state index in [9.17, 15) is 0 Å². The van der Waals surface area contributed by atoms with E-state index in [-0.39, 0.29) is 0 Å². The molecule has 1 heterocycles. The van der Waals surface area contributed by atoms with Gasteiger partial charge in [-0.3, -0.25) is 0 Å². The Hall–Kier alpha value is -1.61. The summed E-state index contributed by atoms with van der Waals surface area (Å²) in [6.07, 6.45) is 0.735. The third kappa shape index (κ3) is 2.25. The molecule has 0 fully saturated rings. The summed E-state index contributed by atoms with van der Waals surface area (Å²) in [4.78, 5) is 0. The van der Waals surface area contributed by atoms with Crippen molar-refractivity contribution >= 4 is 0 Å². The average Bonchev–Trinajstić information content (AvgIpc) is 2.67. The number of benzene rings is 1. The van der Waals surface area contributed by atoms with Crippen LogP contribution in [0.4, 0.5) is 0 Å². The number of nitrogens with zero attached hydrogens (tertiary/aromatic N) is 1. The molecule has 0 aliphatic carbocycles. The Balaban J connectivity index is 2.29. The van der Waals surface area contributed by atoms with Crippen LogP contribution in [-0.4, -0.2) is 11.7 Å². The molecular weight excluding hydrogens is 188 g/mol. The summed E-state index contributed by atoms with van der Waals surface area (Å²) in [5.74, 6) is 0.842. The van der Waals surface area contributed by atoms with E-state index in [0.29, 0.717) is 6.54 Å². The van der Waals surface area contributed by atoms with Crippen molar-refractivity contribution in [3.63, 3.8) is 0 Å². The van der Waals surface area contributed by atoms with Gasteiger partial charge in [-0.15, -0.1) is 0 Å². The lowest BCUT2D eigenvalue weighted by Gasteiger charge is -1.95. The van der Waals surface area contributed by atoms with Crippen molar-refractivity contribution in [2.24, 2.45) is 5.73 Å². The van der Waals surface area contributed by atoms with Crippen molar-refractivity contribution in [3.05, 3.63) is 41.7 Å². The van der Waals surface area contributed by atoms with Crippen LogP contribution in [0.2, 0.25) is 0 Å². The van der Waals surface area contributed by atoms with E-state index < -0.39 is 0 Å². The molecule has 0 bridgehead atoms. The van der Waals surface area contributed by atoms with Crippen LogP contribution in [0, 0.1) is 6.92 Å². The summed E-state index contributed by atoms with van der Waals surface area (Å²) >= 11 is 0. The first-order valence-corrected chi connectivity index (χ1v) is 5.02. The Morgan fingerprint density at radius 3 is 2.93 bits per heavy atom. The molecule has 3 nitrogen and oxygen atoms in total. The minimum atomic E-state index is 0.586. The highest BCUT2D eigenvalue weighted by Gasteiger charge is 2.05. The molecule has 0 saturated carbocycles. The fourth-order valence-corrected chi connectivity index (χ4v) is 1.51. The van der Waals surface area contributed by atoms with Crippen LogP contribution >= 0.6 is 0 Å². The van der Waals surface area contributed by atoms with E-state index in [4.69, 9.17) is 10.3 Å². The highest BCUT2D eigenvalue weighted by Crippen LogP contribution is 2.20. The van der Waals surface area contributed by atoms with Gasteiger partial charge in [0.15, 0.2) is 0 Å². The fourth-order valence-electron chi connectivity index (χ4n) is 1.51. The standard InChI is InChI=1S/C12H14N2O/c1-9-3-2-4-10(7-9)12-8-11(5-6-13)15-14-12/h2-4,7-8H,5-6,13H2,1H3. The quantitative estimate of drug-likeness (QED) is 0.829. The van der Waals surface area contributed by atoms with E-state index in [2.05, 4.69) is 24.2 Å². The second kappa shape index (κ2) is 4.28. The number of nitrogens with two attached hydrogens (primary N) is 1. The first kappa shape index (κ1) is 9.93. The first-order chi connectivity index (χ1) is 7.29. The van der Waals surface area contributed by atoms with Gasteiger partial charge in [0.25, 0.3) is 0 Å². The minimum absolute atomic E-state index is 0.586. The zero-order valence-corrected chi connectivity index (χ0v) is 8.73. The number of rotatable bonds is 3. The molecule has 0 radical (unpaired) electrons. The monoisotopic (exact) mass is 202 g/mol. The SMILES string of the molecule is Cc1cccc(-c2cc(CCN)on2)c1. The van der Waals surface area contributed by atoms with Crippen LogP contribution in [0.3, 0.4) is 0 Å². The van der Waals surface area contributed by atoms with Crippen molar-refractivity contribution in [2.45, 2.75) is 13.3 Å². The summed E-state index contributed by atoms with van der Waals surface area (Å²) in [6, 6.07) is 10.1. The van der Waals surface area contributed by atoms with Crippen molar-refractivity contribution in [1.29, 1.82) is 0 Å². The normalized spacial score (nSPS) is 10.5. The van der Waals surface area contributed by atoms with Crippen LogP contribution in [-0.2, 0) is 6.42 Å². The molecule has 0 saturated heterocycles. The summed E-state index contributed by atoms with van der Waals surface area (Å²) in [7, 11) is 0.